The van der Waals surface area contributed by atoms with E-state index in [1.54, 1.807) is 17.2 Å². The quantitative estimate of drug-likeness (QED) is 0.501. The number of nitrogens with zero attached hydrogens (tertiary/aromatic N) is 2. The van der Waals surface area contributed by atoms with E-state index in [1.807, 2.05) is 6.07 Å². The Kier molecular flexibility index (Phi) is 3.99. The molecule has 26 heavy (non-hydrogen) atoms. The van der Waals surface area contributed by atoms with Crippen LogP contribution >= 0.6 is 15.9 Å². The van der Waals surface area contributed by atoms with Crippen molar-refractivity contribution < 1.29 is 14.1 Å². The van der Waals surface area contributed by atoms with Crippen molar-refractivity contribution in [2.24, 2.45) is 0 Å². The molecule has 0 saturated heterocycles. The number of rotatable bonds is 2. The van der Waals surface area contributed by atoms with Crippen molar-refractivity contribution in [2.45, 2.75) is 13.0 Å². The van der Waals surface area contributed by atoms with Crippen LogP contribution in [0.25, 0.3) is 10.9 Å². The molecular weight excluding hydrogens is 405 g/mol. The van der Waals surface area contributed by atoms with Gasteiger partial charge in [0.2, 0.25) is 0 Å². The van der Waals surface area contributed by atoms with Crippen LogP contribution in [-0.2, 0) is 13.0 Å². The van der Waals surface area contributed by atoms with Gasteiger partial charge in [0.05, 0.1) is 16.0 Å². The molecule has 0 aliphatic carbocycles. The molecule has 0 saturated carbocycles. The summed E-state index contributed by atoms with van der Waals surface area (Å²) >= 11 is 3.29. The number of nitrogens with one attached hydrogen (secondary N) is 1. The second-order valence-electron chi connectivity index (χ2n) is 6.19. The summed E-state index contributed by atoms with van der Waals surface area (Å²) in [7, 11) is 0. The molecule has 4 rings (SSSR count). The first-order valence-electron chi connectivity index (χ1n) is 7.95. The van der Waals surface area contributed by atoms with E-state index in [-0.39, 0.29) is 24.0 Å². The second-order valence-corrected chi connectivity index (χ2v) is 7.11. The lowest BCUT2D eigenvalue weighted by Crippen LogP contribution is -2.36. The standard InChI is InChI=1S/C18H13BrFN3O3/c19-11-5-10-3-4-22(9-15(10)16(20)6-11)18(24)14-8-21-17-7-12(23(25)26)1-2-13(14)17/h1-2,5-8,21H,3-4,9H2. The van der Waals surface area contributed by atoms with Crippen molar-refractivity contribution in [3.63, 3.8) is 0 Å². The molecule has 2 heterocycles. The summed E-state index contributed by atoms with van der Waals surface area (Å²) in [5.74, 6) is -0.556. The number of non-ortho nitro benzene ring substituents is 1. The van der Waals surface area contributed by atoms with Gasteiger partial charge in [-0.1, -0.05) is 15.9 Å². The number of aromatic nitrogens is 1. The fourth-order valence-corrected chi connectivity index (χ4v) is 3.81. The summed E-state index contributed by atoms with van der Waals surface area (Å²) in [6.45, 7) is 0.689. The lowest BCUT2D eigenvalue weighted by Gasteiger charge is -2.29. The first-order valence-corrected chi connectivity index (χ1v) is 8.75. The zero-order valence-electron chi connectivity index (χ0n) is 13.5. The normalized spacial score (nSPS) is 13.7. The molecule has 0 unspecified atom stereocenters. The van der Waals surface area contributed by atoms with Crippen LogP contribution in [0.3, 0.4) is 0 Å². The van der Waals surface area contributed by atoms with Crippen LogP contribution in [0.1, 0.15) is 21.5 Å². The van der Waals surface area contributed by atoms with E-state index in [0.717, 1.165) is 5.56 Å². The number of amides is 1. The van der Waals surface area contributed by atoms with Crippen LogP contribution < -0.4 is 0 Å². The molecule has 1 aliphatic rings. The van der Waals surface area contributed by atoms with Crippen LogP contribution in [0.2, 0.25) is 0 Å². The van der Waals surface area contributed by atoms with Crippen molar-refractivity contribution >= 4 is 38.4 Å². The number of nitro benzene ring substituents is 1. The van der Waals surface area contributed by atoms with E-state index in [4.69, 9.17) is 0 Å². The Labute approximate surface area is 155 Å². The Balaban J connectivity index is 1.66. The first-order chi connectivity index (χ1) is 12.4. The van der Waals surface area contributed by atoms with Gasteiger partial charge >= 0.3 is 0 Å². The van der Waals surface area contributed by atoms with Gasteiger partial charge in [-0.05, 0) is 30.2 Å². The number of H-pyrrole nitrogens is 1. The minimum atomic E-state index is -0.482. The molecule has 0 fully saturated rings. The fourth-order valence-electron chi connectivity index (χ4n) is 3.33. The number of hydrogen-bond donors (Lipinski definition) is 1. The molecular formula is C18H13BrFN3O3. The Morgan fingerprint density at radius 1 is 1.31 bits per heavy atom. The van der Waals surface area contributed by atoms with Gasteiger partial charge in [-0.2, -0.15) is 0 Å². The van der Waals surface area contributed by atoms with E-state index in [1.165, 1.54) is 18.2 Å². The molecule has 2 aromatic carbocycles. The molecule has 1 aromatic heterocycles. The van der Waals surface area contributed by atoms with E-state index < -0.39 is 4.92 Å². The lowest BCUT2D eigenvalue weighted by molar-refractivity contribution is -0.384. The predicted octanol–water partition coefficient (Wildman–Crippen LogP) is 4.18. The number of carbonyl (C=O) groups is 1. The maximum atomic E-state index is 14.2. The highest BCUT2D eigenvalue weighted by Crippen LogP contribution is 2.29. The largest absolute Gasteiger partial charge is 0.360 e. The number of halogens is 2. The third kappa shape index (κ3) is 2.76. The minimum absolute atomic E-state index is 0.0436. The van der Waals surface area contributed by atoms with Crippen LogP contribution in [0.4, 0.5) is 10.1 Å². The average Bonchev–Trinajstić information content (AvgIpc) is 3.03. The van der Waals surface area contributed by atoms with Crippen molar-refractivity contribution in [3.8, 4) is 0 Å². The summed E-state index contributed by atoms with van der Waals surface area (Å²) < 4.78 is 14.9. The van der Waals surface area contributed by atoms with Gasteiger partial charge in [-0.3, -0.25) is 14.9 Å². The molecule has 0 atom stereocenters. The summed E-state index contributed by atoms with van der Waals surface area (Å²) in [4.78, 5) is 27.8. The van der Waals surface area contributed by atoms with Gasteiger partial charge < -0.3 is 9.88 Å². The molecule has 0 bridgehead atoms. The molecule has 132 valence electrons. The van der Waals surface area contributed by atoms with Gasteiger partial charge in [-0.25, -0.2) is 4.39 Å². The van der Waals surface area contributed by atoms with E-state index in [0.29, 0.717) is 39.5 Å². The number of benzene rings is 2. The van der Waals surface area contributed by atoms with Gasteiger partial charge in [0.25, 0.3) is 11.6 Å². The summed E-state index contributed by atoms with van der Waals surface area (Å²) in [5, 5.41) is 11.5. The lowest BCUT2D eigenvalue weighted by atomic mass is 9.98. The van der Waals surface area contributed by atoms with Crippen molar-refractivity contribution in [1.82, 2.24) is 9.88 Å². The highest BCUT2D eigenvalue weighted by molar-refractivity contribution is 9.10. The van der Waals surface area contributed by atoms with Gasteiger partial charge in [0, 0.05) is 46.8 Å². The minimum Gasteiger partial charge on any atom is -0.360 e. The summed E-state index contributed by atoms with van der Waals surface area (Å²) in [6, 6.07) is 7.61. The Morgan fingerprint density at radius 3 is 2.88 bits per heavy atom. The van der Waals surface area contributed by atoms with Crippen LogP contribution in [0, 0.1) is 15.9 Å². The third-order valence-corrected chi connectivity index (χ3v) is 5.10. The van der Waals surface area contributed by atoms with Crippen LogP contribution in [0.15, 0.2) is 41.0 Å². The SMILES string of the molecule is O=C(c1c[nH]c2cc([N+](=O)[O-])ccc12)N1CCc2cc(Br)cc(F)c2C1. The number of carbonyl (C=O) groups excluding carboxylic acids is 1. The zero-order chi connectivity index (χ0) is 18.4. The molecule has 1 aliphatic heterocycles. The van der Waals surface area contributed by atoms with Gasteiger partial charge in [-0.15, -0.1) is 0 Å². The van der Waals surface area contributed by atoms with Crippen molar-refractivity contribution in [1.29, 1.82) is 0 Å². The van der Waals surface area contributed by atoms with Crippen molar-refractivity contribution in [2.75, 3.05) is 6.54 Å². The van der Waals surface area contributed by atoms with Crippen LogP contribution in [-0.4, -0.2) is 27.3 Å². The topological polar surface area (TPSA) is 79.2 Å². The monoisotopic (exact) mass is 417 g/mol. The Morgan fingerprint density at radius 2 is 2.12 bits per heavy atom. The highest BCUT2D eigenvalue weighted by atomic mass is 79.9. The number of fused-ring (bicyclic) bond motifs is 2. The molecule has 8 heteroatoms. The molecule has 0 radical (unpaired) electrons. The van der Waals surface area contributed by atoms with Crippen LogP contribution in [0.5, 0.6) is 0 Å². The van der Waals surface area contributed by atoms with E-state index in [2.05, 4.69) is 20.9 Å². The number of nitro groups is 1. The highest BCUT2D eigenvalue weighted by Gasteiger charge is 2.26. The number of hydrogen-bond acceptors (Lipinski definition) is 3. The third-order valence-electron chi connectivity index (χ3n) is 4.65. The smallest absolute Gasteiger partial charge is 0.271 e. The van der Waals surface area contributed by atoms with Gasteiger partial charge in [0.15, 0.2) is 0 Å². The van der Waals surface area contributed by atoms with E-state index >= 15 is 0 Å². The van der Waals surface area contributed by atoms with E-state index in [9.17, 15) is 19.3 Å². The summed E-state index contributed by atoms with van der Waals surface area (Å²) in [6.07, 6.45) is 2.12. The fraction of sp³-hybridized carbons (Fsp3) is 0.167. The molecule has 1 amide bonds. The second kappa shape index (κ2) is 6.21. The van der Waals surface area contributed by atoms with Gasteiger partial charge in [0.1, 0.15) is 5.82 Å². The molecule has 6 nitrogen and oxygen atoms in total. The Bertz CT molecular complexity index is 1060. The maximum absolute atomic E-state index is 14.2. The number of aromatic amines is 1. The molecule has 1 N–H and O–H groups in total. The average molecular weight is 418 g/mol. The Hall–Kier alpha value is -2.74. The molecule has 0 spiro atoms. The first kappa shape index (κ1) is 16.7. The van der Waals surface area contributed by atoms with Crippen molar-refractivity contribution in [3.05, 3.63) is 73.6 Å². The molecule has 3 aromatic rings. The summed E-state index contributed by atoms with van der Waals surface area (Å²) in [5.41, 5.74) is 2.34. The maximum Gasteiger partial charge on any atom is 0.271 e. The predicted molar refractivity (Wildman–Crippen MR) is 97.5 cm³/mol. The zero-order valence-corrected chi connectivity index (χ0v) is 15.0.